The van der Waals surface area contributed by atoms with Crippen molar-refractivity contribution in [1.82, 2.24) is 14.8 Å². The predicted molar refractivity (Wildman–Crippen MR) is 91.9 cm³/mol. The van der Waals surface area contributed by atoms with Crippen LogP contribution in [0.15, 0.2) is 30.9 Å². The molecule has 0 bridgehead atoms. The number of rotatable bonds is 5. The first-order valence-electron chi connectivity index (χ1n) is 7.22. The van der Waals surface area contributed by atoms with Crippen LogP contribution in [0.25, 0.3) is 0 Å². The maximum absolute atomic E-state index is 6.37. The quantitative estimate of drug-likeness (QED) is 0.741. The van der Waals surface area contributed by atoms with Gasteiger partial charge in [0.1, 0.15) is 19.2 Å². The van der Waals surface area contributed by atoms with Gasteiger partial charge in [0.2, 0.25) is 5.79 Å². The predicted octanol–water partition coefficient (Wildman–Crippen LogP) is 3.50. The van der Waals surface area contributed by atoms with Crippen LogP contribution >= 0.6 is 23.2 Å². The molecule has 0 amide bonds. The number of halogens is 2. The zero-order chi connectivity index (χ0) is 15.6. The average molecular weight is 384 g/mol. The molecule has 5 nitrogen and oxygen atoms in total. The molecular formula is C15H19CaCl2N3O2. The standard InChI is InChI=1S/C15H17Cl2N3O2.Ca.2H/c1-2-3-12-7-21-15(22-12,8-20-10-18-9-19-20)13-5-4-11(16)6-14(13)17;;;/h4-6,9-10,12H,2-3,7-8H2,1H3;;;/q;+2;2*-1. The SMILES string of the molecule is CCCC1COC(Cn2cncn2)(c2ccc(Cl)cc2Cl)O1.[Ca+2].[H-].[H-]. The largest absolute Gasteiger partial charge is 2.00 e. The Labute approximate surface area is 178 Å². The smallest absolute Gasteiger partial charge is 1.00 e. The fourth-order valence-electron chi connectivity index (χ4n) is 2.66. The van der Waals surface area contributed by atoms with E-state index in [0.29, 0.717) is 23.2 Å². The van der Waals surface area contributed by atoms with Gasteiger partial charge in [-0.1, -0.05) is 42.6 Å². The fourth-order valence-corrected chi connectivity index (χ4v) is 3.22. The van der Waals surface area contributed by atoms with Gasteiger partial charge < -0.3 is 12.3 Å². The van der Waals surface area contributed by atoms with E-state index in [1.807, 2.05) is 6.07 Å². The van der Waals surface area contributed by atoms with Crippen LogP contribution < -0.4 is 0 Å². The Kier molecular flexibility index (Phi) is 7.16. The van der Waals surface area contributed by atoms with E-state index in [9.17, 15) is 0 Å². The van der Waals surface area contributed by atoms with Crippen LogP contribution in [-0.4, -0.2) is 65.2 Å². The third-order valence-corrected chi connectivity index (χ3v) is 4.20. The monoisotopic (exact) mass is 383 g/mol. The van der Waals surface area contributed by atoms with E-state index in [-0.39, 0.29) is 46.7 Å². The van der Waals surface area contributed by atoms with Gasteiger partial charge >= 0.3 is 37.7 Å². The number of aromatic nitrogens is 3. The minimum atomic E-state index is -0.963. The summed E-state index contributed by atoms with van der Waals surface area (Å²) in [6.45, 7) is 3.03. The maximum atomic E-state index is 6.37. The third-order valence-electron chi connectivity index (χ3n) is 3.65. The summed E-state index contributed by atoms with van der Waals surface area (Å²) in [6, 6.07) is 5.32. The molecule has 2 heterocycles. The first-order chi connectivity index (χ1) is 10.6. The molecule has 1 aliphatic rings. The van der Waals surface area contributed by atoms with Gasteiger partial charge in [-0.25, -0.2) is 9.67 Å². The summed E-state index contributed by atoms with van der Waals surface area (Å²) in [5.41, 5.74) is 0.757. The fraction of sp³-hybridized carbons (Fsp3) is 0.467. The van der Waals surface area contributed by atoms with Gasteiger partial charge in [0.15, 0.2) is 0 Å². The van der Waals surface area contributed by atoms with Crippen molar-refractivity contribution in [3.05, 3.63) is 46.5 Å². The minimum absolute atomic E-state index is 0. The van der Waals surface area contributed by atoms with Gasteiger partial charge in [-0.3, -0.25) is 0 Å². The van der Waals surface area contributed by atoms with Crippen molar-refractivity contribution >= 4 is 60.9 Å². The maximum Gasteiger partial charge on any atom is 2.00 e. The molecular weight excluding hydrogens is 365 g/mol. The molecule has 0 aliphatic carbocycles. The van der Waals surface area contributed by atoms with Crippen molar-refractivity contribution in [1.29, 1.82) is 0 Å². The van der Waals surface area contributed by atoms with Gasteiger partial charge in [-0.05, 0) is 18.6 Å². The van der Waals surface area contributed by atoms with Crippen LogP contribution in [0.1, 0.15) is 28.2 Å². The molecule has 1 aliphatic heterocycles. The molecule has 0 spiro atoms. The Bertz CT molecular complexity index is 652. The third kappa shape index (κ3) is 4.40. The summed E-state index contributed by atoms with van der Waals surface area (Å²) in [5, 5.41) is 5.24. The first kappa shape index (κ1) is 19.4. The normalized spacial score (nSPS) is 23.7. The summed E-state index contributed by atoms with van der Waals surface area (Å²) < 4.78 is 14.0. The number of hydrogen-bond acceptors (Lipinski definition) is 4. The topological polar surface area (TPSA) is 49.2 Å². The van der Waals surface area contributed by atoms with Crippen LogP contribution in [0.4, 0.5) is 0 Å². The first-order valence-corrected chi connectivity index (χ1v) is 7.98. The second kappa shape index (κ2) is 8.48. The molecule has 2 aromatic rings. The van der Waals surface area contributed by atoms with Gasteiger partial charge in [-0.2, -0.15) is 5.10 Å². The van der Waals surface area contributed by atoms with Gasteiger partial charge in [0, 0.05) is 10.6 Å². The summed E-state index contributed by atoms with van der Waals surface area (Å²) in [6.07, 6.45) is 5.12. The van der Waals surface area contributed by atoms with E-state index in [1.54, 1.807) is 23.1 Å². The van der Waals surface area contributed by atoms with Crippen LogP contribution in [0.3, 0.4) is 0 Å². The van der Waals surface area contributed by atoms with Crippen molar-refractivity contribution in [2.75, 3.05) is 6.61 Å². The van der Waals surface area contributed by atoms with Crippen molar-refractivity contribution in [2.45, 2.75) is 38.2 Å². The van der Waals surface area contributed by atoms with E-state index >= 15 is 0 Å². The zero-order valence-corrected chi connectivity index (χ0v) is 16.6. The molecule has 3 rings (SSSR count). The molecule has 1 fully saturated rings. The number of hydrogen-bond donors (Lipinski definition) is 0. The summed E-state index contributed by atoms with van der Waals surface area (Å²) in [5.74, 6) is -0.963. The van der Waals surface area contributed by atoms with Crippen molar-refractivity contribution < 1.29 is 12.3 Å². The van der Waals surface area contributed by atoms with E-state index < -0.39 is 5.79 Å². The average Bonchev–Trinajstić information content (AvgIpc) is 3.10. The Morgan fingerprint density at radius 2 is 2.26 bits per heavy atom. The summed E-state index contributed by atoms with van der Waals surface area (Å²) in [7, 11) is 0. The second-order valence-corrected chi connectivity index (χ2v) is 6.15. The van der Waals surface area contributed by atoms with Crippen LogP contribution in [-0.2, 0) is 21.8 Å². The van der Waals surface area contributed by atoms with Gasteiger partial charge in [0.25, 0.3) is 0 Å². The van der Waals surface area contributed by atoms with Gasteiger partial charge in [-0.15, -0.1) is 0 Å². The Morgan fingerprint density at radius 1 is 1.43 bits per heavy atom. The molecule has 0 saturated carbocycles. The van der Waals surface area contributed by atoms with E-state index in [2.05, 4.69) is 17.0 Å². The molecule has 0 radical (unpaired) electrons. The second-order valence-electron chi connectivity index (χ2n) is 5.31. The summed E-state index contributed by atoms with van der Waals surface area (Å²) in [4.78, 5) is 3.97. The molecule has 2 atom stereocenters. The zero-order valence-electron chi connectivity index (χ0n) is 14.9. The van der Waals surface area contributed by atoms with E-state index in [0.717, 1.165) is 18.4 Å². The van der Waals surface area contributed by atoms with Crippen LogP contribution in [0.2, 0.25) is 10.0 Å². The molecule has 122 valence electrons. The molecule has 1 saturated heterocycles. The molecule has 8 heteroatoms. The van der Waals surface area contributed by atoms with Crippen molar-refractivity contribution in [2.24, 2.45) is 0 Å². The minimum Gasteiger partial charge on any atom is -1.00 e. The summed E-state index contributed by atoms with van der Waals surface area (Å²) >= 11 is 12.4. The van der Waals surface area contributed by atoms with Crippen LogP contribution in [0.5, 0.6) is 0 Å². The van der Waals surface area contributed by atoms with Gasteiger partial charge in [0.05, 0.1) is 17.7 Å². The van der Waals surface area contributed by atoms with E-state index in [1.165, 1.54) is 6.33 Å². The number of benzene rings is 1. The molecule has 2 unspecified atom stereocenters. The number of nitrogens with zero attached hydrogens (tertiary/aromatic N) is 3. The van der Waals surface area contributed by atoms with E-state index in [4.69, 9.17) is 32.7 Å². The molecule has 1 aromatic carbocycles. The molecule has 23 heavy (non-hydrogen) atoms. The van der Waals surface area contributed by atoms with Crippen molar-refractivity contribution in [3.63, 3.8) is 0 Å². The molecule has 1 aromatic heterocycles. The Balaban J connectivity index is 0.00000192. The number of ether oxygens (including phenoxy) is 2. The Morgan fingerprint density at radius 3 is 2.91 bits per heavy atom. The molecule has 0 N–H and O–H groups in total. The Hall–Kier alpha value is 0.120. The van der Waals surface area contributed by atoms with Crippen molar-refractivity contribution in [3.8, 4) is 0 Å². The van der Waals surface area contributed by atoms with Crippen LogP contribution in [0, 0.1) is 0 Å².